The fourth-order valence-corrected chi connectivity index (χ4v) is 8.10. The molecule has 0 radical (unpaired) electrons. The predicted octanol–water partition coefficient (Wildman–Crippen LogP) is 6.98. The molecule has 1 heterocycles. The van der Waals surface area contributed by atoms with Gasteiger partial charge < -0.3 is 32.3 Å². The summed E-state index contributed by atoms with van der Waals surface area (Å²) in [5.74, 6) is -0.725. The van der Waals surface area contributed by atoms with Gasteiger partial charge in [-0.15, -0.1) is 0 Å². The van der Waals surface area contributed by atoms with Crippen LogP contribution in [0.15, 0.2) is 48.5 Å². The Morgan fingerprint density at radius 2 is 1.43 bits per heavy atom. The maximum absolute atomic E-state index is 12.6. The van der Waals surface area contributed by atoms with Crippen molar-refractivity contribution in [3.8, 4) is 5.75 Å². The van der Waals surface area contributed by atoms with Gasteiger partial charge in [0, 0.05) is 23.3 Å². The van der Waals surface area contributed by atoms with Crippen molar-refractivity contribution in [1.29, 1.82) is 0 Å². The third-order valence-corrected chi connectivity index (χ3v) is 9.40. The lowest BCUT2D eigenvalue weighted by molar-refractivity contribution is -0.346. The molecule has 0 N–H and O–H groups in total. The quantitative estimate of drug-likeness (QED) is 0.186. The summed E-state index contributed by atoms with van der Waals surface area (Å²) in [5.41, 5.74) is 1.41. The van der Waals surface area contributed by atoms with Gasteiger partial charge in [0.2, 0.25) is 5.79 Å². The smallest absolute Gasteiger partial charge is 0.224 e. The lowest BCUT2D eigenvalue weighted by Crippen LogP contribution is -2.69. The molecule has 1 fully saturated rings. The number of benzene rings is 2. The minimum Gasteiger partial charge on any atom is -0.489 e. The number of hydrogen-bond acceptors (Lipinski definition) is 7. The number of rotatable bonds is 12. The van der Waals surface area contributed by atoms with E-state index in [0.29, 0.717) is 10.6 Å². The second-order valence-electron chi connectivity index (χ2n) is 13.0. The van der Waals surface area contributed by atoms with Gasteiger partial charge in [0.15, 0.2) is 31.2 Å². The van der Waals surface area contributed by atoms with Crippen molar-refractivity contribution in [2.24, 2.45) is 0 Å². The summed E-state index contributed by atoms with van der Waals surface area (Å²) in [6.07, 6.45) is -2.10. The minimum absolute atomic E-state index is 0.239. The molecule has 0 bridgehead atoms. The van der Waals surface area contributed by atoms with Crippen LogP contribution in [0.5, 0.6) is 5.75 Å². The zero-order valence-electron chi connectivity index (χ0n) is 25.4. The fourth-order valence-electron chi connectivity index (χ4n) is 4.72. The molecule has 1 saturated heterocycles. The molecule has 7 nitrogen and oxygen atoms in total. The van der Waals surface area contributed by atoms with Crippen LogP contribution >= 0.6 is 11.6 Å². The fraction of sp³-hybridized carbons (Fsp3) is 0.552. The first-order valence-electron chi connectivity index (χ1n) is 13.7. The van der Waals surface area contributed by atoms with Gasteiger partial charge in [0.25, 0.3) is 0 Å². The van der Waals surface area contributed by atoms with E-state index in [1.54, 1.807) is 13.2 Å². The van der Waals surface area contributed by atoms with Crippen molar-refractivity contribution in [1.82, 2.24) is 0 Å². The molecular weight excluding hydrogens is 580 g/mol. The lowest BCUT2D eigenvalue weighted by Gasteiger charge is -2.54. The van der Waals surface area contributed by atoms with Gasteiger partial charge in [0.05, 0.1) is 0 Å². The Labute approximate surface area is 247 Å². The van der Waals surface area contributed by atoms with Crippen LogP contribution in [0.2, 0.25) is 63.9 Å². The molecule has 2 aromatic rings. The van der Waals surface area contributed by atoms with Gasteiger partial charge in [-0.05, 0) is 83.2 Å². The van der Waals surface area contributed by atoms with E-state index >= 15 is 0 Å². The molecule has 11 heteroatoms. The second-order valence-corrected chi connectivity index (χ2v) is 26.8. The molecule has 0 spiro atoms. The van der Waals surface area contributed by atoms with Crippen LogP contribution in [0.4, 0.5) is 0 Å². The van der Waals surface area contributed by atoms with Gasteiger partial charge in [-0.3, -0.25) is 0 Å². The number of ether oxygens (including phenoxy) is 3. The van der Waals surface area contributed by atoms with Crippen LogP contribution in [0.1, 0.15) is 11.1 Å². The van der Waals surface area contributed by atoms with Crippen LogP contribution in [-0.4, -0.2) is 62.8 Å². The Hall–Kier alpha value is -1.35. The Morgan fingerprint density at radius 3 is 1.95 bits per heavy atom. The highest BCUT2D eigenvalue weighted by Crippen LogP contribution is 2.45. The van der Waals surface area contributed by atoms with E-state index in [9.17, 15) is 4.79 Å². The highest BCUT2D eigenvalue weighted by atomic mass is 35.5. The average molecular weight is 625 g/mol. The summed E-state index contributed by atoms with van der Waals surface area (Å²) in [4.78, 5) is 12.6. The number of hydrogen-bond donors (Lipinski definition) is 0. The maximum Gasteiger partial charge on any atom is 0.224 e. The standard InChI is InChI=1S/C29H45ClO7Si3/c1-32-29(22-16-17-24(30)21(18-22)20-33-23-14-12-11-13-15-23)28(37-40(8,9)10)27(36-39(5,6)7)26(25(19-31)34-29)35-38(2,3)4/h11-19,25-28H,20H2,1-10H3/t25-,26-,27?,28?,29+/m1/s1. The highest BCUT2D eigenvalue weighted by molar-refractivity contribution is 6.70. The zero-order valence-corrected chi connectivity index (χ0v) is 29.2. The van der Waals surface area contributed by atoms with Crippen molar-refractivity contribution in [2.75, 3.05) is 7.11 Å². The second kappa shape index (κ2) is 12.9. The van der Waals surface area contributed by atoms with Crippen molar-refractivity contribution in [3.05, 3.63) is 64.7 Å². The Bertz CT molecular complexity index is 1130. The number of halogens is 1. The molecule has 222 valence electrons. The first kappa shape index (κ1) is 33.2. The molecule has 3 rings (SSSR count). The lowest BCUT2D eigenvalue weighted by atomic mass is 9.87. The number of carbonyl (C=O) groups is 1. The van der Waals surface area contributed by atoms with Crippen LogP contribution in [0.3, 0.4) is 0 Å². The molecule has 1 aliphatic heterocycles. The van der Waals surface area contributed by atoms with Crippen LogP contribution in [0, 0.1) is 0 Å². The van der Waals surface area contributed by atoms with Crippen molar-refractivity contribution in [2.45, 2.75) is 95.7 Å². The molecule has 0 aromatic heterocycles. The van der Waals surface area contributed by atoms with Gasteiger partial charge in [0.1, 0.15) is 36.8 Å². The Morgan fingerprint density at radius 1 is 0.850 bits per heavy atom. The van der Waals surface area contributed by atoms with Crippen molar-refractivity contribution in [3.63, 3.8) is 0 Å². The summed E-state index contributed by atoms with van der Waals surface area (Å²) in [6, 6.07) is 15.1. The third-order valence-electron chi connectivity index (χ3n) is 6.11. The molecule has 1 aliphatic rings. The van der Waals surface area contributed by atoms with E-state index < -0.39 is 55.2 Å². The molecule has 0 saturated carbocycles. The largest absolute Gasteiger partial charge is 0.489 e. The van der Waals surface area contributed by atoms with Crippen LogP contribution < -0.4 is 4.74 Å². The number of aldehydes is 1. The molecule has 2 aromatic carbocycles. The Balaban J connectivity index is 2.17. The molecular formula is C29H45ClO7Si3. The molecule has 40 heavy (non-hydrogen) atoms. The predicted molar refractivity (Wildman–Crippen MR) is 167 cm³/mol. The third kappa shape index (κ3) is 8.59. The zero-order chi connectivity index (χ0) is 29.9. The van der Waals surface area contributed by atoms with Gasteiger partial charge in [-0.1, -0.05) is 35.9 Å². The first-order valence-corrected chi connectivity index (χ1v) is 24.3. The van der Waals surface area contributed by atoms with E-state index in [0.717, 1.165) is 17.6 Å². The molecule has 2 unspecified atom stereocenters. The number of carbonyl (C=O) groups excluding carboxylic acids is 1. The van der Waals surface area contributed by atoms with Gasteiger partial charge in [-0.2, -0.15) is 0 Å². The normalized spacial score (nSPS) is 26.0. The van der Waals surface area contributed by atoms with E-state index in [2.05, 4.69) is 58.9 Å². The molecule has 0 aliphatic carbocycles. The highest BCUT2D eigenvalue weighted by Gasteiger charge is 2.60. The summed E-state index contributed by atoms with van der Waals surface area (Å²) >= 11 is 6.62. The van der Waals surface area contributed by atoms with Gasteiger partial charge in [-0.25, -0.2) is 0 Å². The number of methoxy groups -OCH3 is 1. The Kier molecular flexibility index (Phi) is 10.7. The summed E-state index contributed by atoms with van der Waals surface area (Å²) in [6.45, 7) is 19.2. The summed E-state index contributed by atoms with van der Waals surface area (Å²) < 4.78 is 39.2. The van der Waals surface area contributed by atoms with E-state index in [1.807, 2.05) is 42.5 Å². The minimum atomic E-state index is -2.21. The van der Waals surface area contributed by atoms with Crippen LogP contribution in [-0.2, 0) is 39.9 Å². The summed E-state index contributed by atoms with van der Waals surface area (Å²) in [7, 11) is -4.93. The van der Waals surface area contributed by atoms with Crippen molar-refractivity contribution < 1.29 is 32.3 Å². The first-order chi connectivity index (χ1) is 18.5. The maximum atomic E-state index is 12.6. The topological polar surface area (TPSA) is 72.5 Å². The molecule has 5 atom stereocenters. The average Bonchev–Trinajstić information content (AvgIpc) is 2.84. The number of para-hydroxylation sites is 1. The van der Waals surface area contributed by atoms with Crippen LogP contribution in [0.25, 0.3) is 0 Å². The summed E-state index contributed by atoms with van der Waals surface area (Å²) in [5, 5.41) is 0.547. The molecule has 0 amide bonds. The van der Waals surface area contributed by atoms with E-state index in [-0.39, 0.29) is 6.61 Å². The SMILES string of the molecule is CO[C@@]1(c2ccc(Cl)c(COc3ccccc3)c2)O[C@H](C=O)[C@@H](O[Si](C)(C)C)C(O[Si](C)(C)C)C1O[Si](C)(C)C. The van der Waals surface area contributed by atoms with Gasteiger partial charge >= 0.3 is 0 Å². The monoisotopic (exact) mass is 624 g/mol. The van der Waals surface area contributed by atoms with E-state index in [4.69, 9.17) is 39.1 Å². The van der Waals surface area contributed by atoms with Crippen molar-refractivity contribution >= 4 is 42.8 Å². The van der Waals surface area contributed by atoms with E-state index in [1.165, 1.54) is 0 Å².